The van der Waals surface area contributed by atoms with E-state index in [1.807, 2.05) is 6.92 Å². The molecule has 9 atom stereocenters. The Morgan fingerprint density at radius 3 is 2.52 bits per heavy atom. The predicted octanol–water partition coefficient (Wildman–Crippen LogP) is 5.33. The molecule has 0 spiro atoms. The highest BCUT2D eigenvalue weighted by atomic mass is 16.5. The molecule has 0 aliphatic heterocycles. The summed E-state index contributed by atoms with van der Waals surface area (Å²) >= 11 is 0. The van der Waals surface area contributed by atoms with Crippen LogP contribution in [0.15, 0.2) is 11.6 Å². The second-order valence-electron chi connectivity index (χ2n) is 11.7. The number of aliphatic hydroxyl groups excluding tert-OH is 1. The van der Waals surface area contributed by atoms with Crippen LogP contribution >= 0.6 is 0 Å². The van der Waals surface area contributed by atoms with Crippen molar-refractivity contribution in [3.63, 3.8) is 0 Å². The molecule has 0 heterocycles. The molecule has 4 heteroatoms. The molecule has 4 aliphatic carbocycles. The summed E-state index contributed by atoms with van der Waals surface area (Å²) in [5.41, 5.74) is 1.33. The van der Waals surface area contributed by atoms with Crippen LogP contribution in [0.1, 0.15) is 85.5 Å². The molecule has 31 heavy (non-hydrogen) atoms. The molecular weight excluding hydrogens is 388 g/mol. The first kappa shape index (κ1) is 23.0. The van der Waals surface area contributed by atoms with Crippen molar-refractivity contribution in [2.45, 2.75) is 91.6 Å². The van der Waals surface area contributed by atoms with Gasteiger partial charge in [-0.1, -0.05) is 26.8 Å². The Hall–Kier alpha value is -1.16. The summed E-state index contributed by atoms with van der Waals surface area (Å²) in [6.45, 7) is 9.18. The third-order valence-electron chi connectivity index (χ3n) is 10.5. The van der Waals surface area contributed by atoms with E-state index in [1.54, 1.807) is 0 Å². The fourth-order valence-corrected chi connectivity index (χ4v) is 8.81. The molecule has 4 aliphatic rings. The van der Waals surface area contributed by atoms with Crippen LogP contribution in [0.5, 0.6) is 0 Å². The van der Waals surface area contributed by atoms with Crippen LogP contribution in [0.2, 0.25) is 0 Å². The van der Waals surface area contributed by atoms with Gasteiger partial charge in [0.2, 0.25) is 0 Å². The van der Waals surface area contributed by atoms with Gasteiger partial charge in [-0.05, 0) is 104 Å². The van der Waals surface area contributed by atoms with Gasteiger partial charge in [-0.2, -0.15) is 0 Å². The van der Waals surface area contributed by atoms with E-state index in [2.05, 4.69) is 26.8 Å². The largest absolute Gasteiger partial charge is 0.469 e. The summed E-state index contributed by atoms with van der Waals surface area (Å²) in [5, 5.41) is 10.4. The average Bonchev–Trinajstić information content (AvgIpc) is 3.10. The van der Waals surface area contributed by atoms with Gasteiger partial charge in [0.1, 0.15) is 0 Å². The van der Waals surface area contributed by atoms with Gasteiger partial charge >= 0.3 is 5.97 Å². The maximum atomic E-state index is 13.9. The highest BCUT2D eigenvalue weighted by molar-refractivity contribution is 5.99. The monoisotopic (exact) mass is 430 g/mol. The molecule has 0 unspecified atom stereocenters. The normalized spacial score (nSPS) is 46.8. The Balaban J connectivity index is 1.61. The molecule has 0 bridgehead atoms. The summed E-state index contributed by atoms with van der Waals surface area (Å²) in [6.07, 6.45) is 10.4. The van der Waals surface area contributed by atoms with Crippen LogP contribution in [-0.2, 0) is 14.3 Å². The van der Waals surface area contributed by atoms with Crippen LogP contribution in [0.3, 0.4) is 0 Å². The number of Topliss-reactive ketones (excluding diaryl/α,β-unsaturated/α-hetero) is 1. The topological polar surface area (TPSA) is 63.6 Å². The van der Waals surface area contributed by atoms with Gasteiger partial charge in [0, 0.05) is 12.3 Å². The number of carbonyl (C=O) groups is 2. The van der Waals surface area contributed by atoms with E-state index in [4.69, 9.17) is 4.74 Å². The first-order valence-electron chi connectivity index (χ1n) is 12.6. The van der Waals surface area contributed by atoms with Gasteiger partial charge in [0.15, 0.2) is 5.78 Å². The van der Waals surface area contributed by atoms with E-state index in [-0.39, 0.29) is 34.7 Å². The Labute approximate surface area is 188 Å². The minimum Gasteiger partial charge on any atom is -0.469 e. The molecule has 4 fully saturated rings. The van der Waals surface area contributed by atoms with Crippen molar-refractivity contribution in [3.8, 4) is 0 Å². The zero-order valence-electron chi connectivity index (χ0n) is 20.2. The maximum absolute atomic E-state index is 13.9. The van der Waals surface area contributed by atoms with Gasteiger partial charge in [-0.25, -0.2) is 0 Å². The molecule has 0 aromatic rings. The van der Waals surface area contributed by atoms with E-state index in [9.17, 15) is 14.7 Å². The molecule has 4 rings (SSSR count). The summed E-state index contributed by atoms with van der Waals surface area (Å²) < 4.78 is 4.87. The van der Waals surface area contributed by atoms with Gasteiger partial charge < -0.3 is 9.84 Å². The van der Waals surface area contributed by atoms with Crippen molar-refractivity contribution in [2.24, 2.45) is 46.3 Å². The number of aliphatic hydroxyl groups is 1. The zero-order valence-corrected chi connectivity index (χ0v) is 20.2. The van der Waals surface area contributed by atoms with Crippen LogP contribution in [0.25, 0.3) is 0 Å². The molecule has 0 amide bonds. The number of carbonyl (C=O) groups excluding carboxylic acids is 2. The number of rotatable bonds is 4. The van der Waals surface area contributed by atoms with Crippen LogP contribution < -0.4 is 0 Å². The Bertz CT molecular complexity index is 756. The molecule has 0 aromatic carbocycles. The first-order chi connectivity index (χ1) is 14.7. The highest BCUT2D eigenvalue weighted by Crippen LogP contribution is 2.68. The molecule has 174 valence electrons. The summed E-state index contributed by atoms with van der Waals surface area (Å²) in [7, 11) is 1.47. The molecule has 4 saturated carbocycles. The number of methoxy groups -OCH3 is 1. The van der Waals surface area contributed by atoms with Crippen molar-refractivity contribution >= 4 is 11.8 Å². The van der Waals surface area contributed by atoms with Crippen LogP contribution in [0.4, 0.5) is 0 Å². The van der Waals surface area contributed by atoms with E-state index < -0.39 is 0 Å². The van der Waals surface area contributed by atoms with E-state index >= 15 is 0 Å². The SMILES string of the molecule is CC=C1C(=O)[C@@H]2[C@@H](CC[C@]3(C)[C@@H]([C@H](C)CCC(=O)OC)CC[C@@H]23)[C@@]2(C)CC[C@@H](O)C[C@@H]12. The third kappa shape index (κ3) is 3.52. The van der Waals surface area contributed by atoms with Gasteiger partial charge in [0.25, 0.3) is 0 Å². The maximum Gasteiger partial charge on any atom is 0.305 e. The number of ketones is 1. The van der Waals surface area contributed by atoms with Gasteiger partial charge in [-0.15, -0.1) is 0 Å². The lowest BCUT2D eigenvalue weighted by molar-refractivity contribution is -0.150. The quantitative estimate of drug-likeness (QED) is 0.484. The second-order valence-corrected chi connectivity index (χ2v) is 11.7. The number of hydrogen-bond acceptors (Lipinski definition) is 4. The fraction of sp³-hybridized carbons (Fsp3) is 0.852. The first-order valence-corrected chi connectivity index (χ1v) is 12.6. The fourth-order valence-electron chi connectivity index (χ4n) is 8.81. The van der Waals surface area contributed by atoms with Crippen molar-refractivity contribution in [1.82, 2.24) is 0 Å². The lowest BCUT2D eigenvalue weighted by atomic mass is 9.43. The van der Waals surface area contributed by atoms with Crippen LogP contribution in [-0.4, -0.2) is 30.1 Å². The van der Waals surface area contributed by atoms with E-state index in [0.29, 0.717) is 35.9 Å². The van der Waals surface area contributed by atoms with Gasteiger partial charge in [-0.3, -0.25) is 9.59 Å². The minimum absolute atomic E-state index is 0.117. The number of esters is 1. The third-order valence-corrected chi connectivity index (χ3v) is 10.5. The Morgan fingerprint density at radius 2 is 1.84 bits per heavy atom. The van der Waals surface area contributed by atoms with Gasteiger partial charge in [0.05, 0.1) is 13.2 Å². The smallest absolute Gasteiger partial charge is 0.305 e. The van der Waals surface area contributed by atoms with E-state index in [1.165, 1.54) is 20.0 Å². The lowest BCUT2D eigenvalue weighted by Crippen LogP contribution is -2.58. The summed E-state index contributed by atoms with van der Waals surface area (Å²) in [5.74, 6) is 2.57. The molecule has 4 nitrogen and oxygen atoms in total. The highest BCUT2D eigenvalue weighted by Gasteiger charge is 2.64. The molecule has 0 saturated heterocycles. The summed E-state index contributed by atoms with van der Waals surface area (Å²) in [6, 6.07) is 0. The van der Waals surface area contributed by atoms with Crippen molar-refractivity contribution in [3.05, 3.63) is 11.6 Å². The number of hydrogen-bond donors (Lipinski definition) is 1. The molecule has 0 aromatic heterocycles. The van der Waals surface area contributed by atoms with Crippen molar-refractivity contribution in [1.29, 1.82) is 0 Å². The zero-order chi connectivity index (χ0) is 22.6. The lowest BCUT2D eigenvalue weighted by Gasteiger charge is -2.61. The molecular formula is C27H42O4. The Morgan fingerprint density at radius 1 is 1.16 bits per heavy atom. The van der Waals surface area contributed by atoms with Crippen molar-refractivity contribution < 1.29 is 19.4 Å². The van der Waals surface area contributed by atoms with Crippen LogP contribution in [0, 0.1) is 46.3 Å². The predicted molar refractivity (Wildman–Crippen MR) is 121 cm³/mol. The minimum atomic E-state index is -0.266. The van der Waals surface area contributed by atoms with Crippen molar-refractivity contribution in [2.75, 3.05) is 7.11 Å². The molecule has 0 radical (unpaired) electrons. The molecule has 1 N–H and O–H groups in total. The average molecular weight is 431 g/mol. The second kappa shape index (κ2) is 8.32. The Kier molecular flexibility index (Phi) is 6.17. The standard InChI is InChI=1S/C27H42O4/c1-6-18-22-15-17(28)11-13-27(22,4)21-12-14-26(3)19(16(2)7-10-23(29)31-5)8-9-20(26)24(21)25(18)30/h6,16-17,19-22,24,28H,7-15H2,1-5H3/t16-,17-,19-,20+,21-,22+,24+,26-,27-/m1/s1. The number of ether oxygens (including phenoxy) is 1. The summed E-state index contributed by atoms with van der Waals surface area (Å²) in [4.78, 5) is 25.6. The number of fused-ring (bicyclic) bond motifs is 5. The number of allylic oxidation sites excluding steroid dienone is 2. The van der Waals surface area contributed by atoms with E-state index in [0.717, 1.165) is 44.1 Å².